The van der Waals surface area contributed by atoms with Crippen LogP contribution in [0.15, 0.2) is 36.4 Å². The van der Waals surface area contributed by atoms with Crippen molar-refractivity contribution in [1.29, 1.82) is 0 Å². The standard InChI is InChI=1S/C11H7F3O/c12-10-6-8(15-11(13)14)5-7-3-1-2-4-9(7)10/h1-6,11H. The minimum absolute atomic E-state index is 0.166. The summed E-state index contributed by atoms with van der Waals surface area (Å²) in [6.07, 6.45) is 0. The molecule has 78 valence electrons. The SMILES string of the molecule is Fc1cc(OC(F)F)cc2ccccc12. The molecule has 0 bridgehead atoms. The van der Waals surface area contributed by atoms with Crippen LogP contribution in [0.1, 0.15) is 0 Å². The molecule has 0 fully saturated rings. The molecule has 0 saturated heterocycles. The van der Waals surface area contributed by atoms with Gasteiger partial charge in [-0.05, 0) is 11.5 Å². The third kappa shape index (κ3) is 2.03. The van der Waals surface area contributed by atoms with Crippen LogP contribution in [0.2, 0.25) is 0 Å². The Kier molecular flexibility index (Phi) is 2.49. The van der Waals surface area contributed by atoms with Crippen molar-refractivity contribution in [3.05, 3.63) is 42.2 Å². The maximum atomic E-state index is 13.4. The van der Waals surface area contributed by atoms with Crippen LogP contribution >= 0.6 is 0 Å². The molecule has 0 aliphatic carbocycles. The third-order valence-electron chi connectivity index (χ3n) is 2.01. The molecule has 0 aromatic heterocycles. The van der Waals surface area contributed by atoms with Crippen molar-refractivity contribution in [1.82, 2.24) is 0 Å². The minimum Gasteiger partial charge on any atom is -0.435 e. The van der Waals surface area contributed by atoms with Crippen LogP contribution in [-0.4, -0.2) is 6.61 Å². The number of rotatable bonds is 2. The summed E-state index contributed by atoms with van der Waals surface area (Å²) in [4.78, 5) is 0. The predicted molar refractivity (Wildman–Crippen MR) is 50.5 cm³/mol. The molecule has 2 aromatic rings. The summed E-state index contributed by atoms with van der Waals surface area (Å²) in [5.41, 5.74) is 0. The van der Waals surface area contributed by atoms with Gasteiger partial charge in [-0.25, -0.2) is 4.39 Å². The highest BCUT2D eigenvalue weighted by molar-refractivity contribution is 5.84. The number of halogens is 3. The molecule has 15 heavy (non-hydrogen) atoms. The van der Waals surface area contributed by atoms with E-state index < -0.39 is 12.4 Å². The lowest BCUT2D eigenvalue weighted by atomic mass is 10.1. The van der Waals surface area contributed by atoms with Crippen molar-refractivity contribution in [3.8, 4) is 5.75 Å². The molecule has 0 saturated carbocycles. The van der Waals surface area contributed by atoms with Gasteiger partial charge in [0.05, 0.1) is 0 Å². The molecule has 2 aromatic carbocycles. The summed E-state index contributed by atoms with van der Waals surface area (Å²) in [6, 6.07) is 8.93. The lowest BCUT2D eigenvalue weighted by Crippen LogP contribution is -2.02. The molecule has 2 rings (SSSR count). The van der Waals surface area contributed by atoms with Gasteiger partial charge in [0.15, 0.2) is 0 Å². The molecular weight excluding hydrogens is 205 g/mol. The van der Waals surface area contributed by atoms with Crippen LogP contribution in [0.5, 0.6) is 5.75 Å². The Labute approximate surface area is 84.1 Å². The van der Waals surface area contributed by atoms with Crippen LogP contribution in [0, 0.1) is 5.82 Å². The number of benzene rings is 2. The van der Waals surface area contributed by atoms with Crippen molar-refractivity contribution >= 4 is 10.8 Å². The van der Waals surface area contributed by atoms with Gasteiger partial charge in [-0.15, -0.1) is 0 Å². The van der Waals surface area contributed by atoms with E-state index in [4.69, 9.17) is 0 Å². The Morgan fingerprint density at radius 3 is 2.53 bits per heavy atom. The molecule has 0 atom stereocenters. The Hall–Kier alpha value is -1.71. The van der Waals surface area contributed by atoms with Crippen molar-refractivity contribution in [3.63, 3.8) is 0 Å². The van der Waals surface area contributed by atoms with E-state index in [0.717, 1.165) is 6.07 Å². The van der Waals surface area contributed by atoms with Crippen molar-refractivity contribution < 1.29 is 17.9 Å². The quantitative estimate of drug-likeness (QED) is 0.739. The van der Waals surface area contributed by atoms with Crippen molar-refractivity contribution in [2.75, 3.05) is 0 Å². The first-order valence-corrected chi connectivity index (χ1v) is 4.30. The van der Waals surface area contributed by atoms with Crippen molar-refractivity contribution in [2.45, 2.75) is 6.61 Å². The lowest BCUT2D eigenvalue weighted by molar-refractivity contribution is -0.0498. The molecular formula is C11H7F3O. The molecule has 0 aliphatic heterocycles. The van der Waals surface area contributed by atoms with Gasteiger partial charge in [0.2, 0.25) is 0 Å². The molecule has 1 nitrogen and oxygen atoms in total. The molecule has 0 spiro atoms. The lowest BCUT2D eigenvalue weighted by Gasteiger charge is -2.06. The van der Waals surface area contributed by atoms with Gasteiger partial charge in [0.1, 0.15) is 11.6 Å². The van der Waals surface area contributed by atoms with E-state index in [9.17, 15) is 13.2 Å². The Bertz CT molecular complexity index is 482. The normalized spacial score (nSPS) is 10.9. The first-order valence-electron chi connectivity index (χ1n) is 4.30. The zero-order valence-corrected chi connectivity index (χ0v) is 7.58. The van der Waals surface area contributed by atoms with E-state index in [-0.39, 0.29) is 5.75 Å². The second kappa shape index (κ2) is 3.81. The van der Waals surface area contributed by atoms with Gasteiger partial charge in [0, 0.05) is 11.5 Å². The van der Waals surface area contributed by atoms with Gasteiger partial charge >= 0.3 is 6.61 Å². The Morgan fingerprint density at radius 1 is 1.07 bits per heavy atom. The zero-order chi connectivity index (χ0) is 10.8. The van der Waals surface area contributed by atoms with E-state index in [2.05, 4.69) is 4.74 Å². The van der Waals surface area contributed by atoms with Crippen molar-refractivity contribution in [2.24, 2.45) is 0 Å². The largest absolute Gasteiger partial charge is 0.435 e. The Balaban J connectivity index is 2.52. The van der Waals surface area contributed by atoms with E-state index >= 15 is 0 Å². The fraction of sp³-hybridized carbons (Fsp3) is 0.0909. The maximum absolute atomic E-state index is 13.4. The summed E-state index contributed by atoms with van der Waals surface area (Å²) >= 11 is 0. The van der Waals surface area contributed by atoms with Crippen LogP contribution < -0.4 is 4.74 Å². The van der Waals surface area contributed by atoms with E-state index in [1.165, 1.54) is 6.07 Å². The van der Waals surface area contributed by atoms with Gasteiger partial charge in [0.25, 0.3) is 0 Å². The van der Waals surface area contributed by atoms with Gasteiger partial charge in [-0.3, -0.25) is 0 Å². The first-order chi connectivity index (χ1) is 7.16. The number of hydrogen-bond donors (Lipinski definition) is 0. The topological polar surface area (TPSA) is 9.23 Å². The second-order valence-electron chi connectivity index (χ2n) is 3.00. The predicted octanol–water partition coefficient (Wildman–Crippen LogP) is 3.58. The number of hydrogen-bond acceptors (Lipinski definition) is 1. The van der Waals surface area contributed by atoms with Crippen LogP contribution in [-0.2, 0) is 0 Å². The van der Waals surface area contributed by atoms with Gasteiger partial charge < -0.3 is 4.74 Å². The first kappa shape index (κ1) is 9.83. The highest BCUT2D eigenvalue weighted by atomic mass is 19.3. The average Bonchev–Trinajstić information content (AvgIpc) is 2.16. The highest BCUT2D eigenvalue weighted by Gasteiger charge is 2.08. The fourth-order valence-electron chi connectivity index (χ4n) is 1.41. The second-order valence-corrected chi connectivity index (χ2v) is 3.00. The number of ether oxygens (including phenoxy) is 1. The van der Waals surface area contributed by atoms with Gasteiger partial charge in [-0.2, -0.15) is 8.78 Å². The van der Waals surface area contributed by atoms with E-state index in [1.807, 2.05) is 0 Å². The maximum Gasteiger partial charge on any atom is 0.387 e. The summed E-state index contributed by atoms with van der Waals surface area (Å²) in [5, 5.41) is 0.923. The minimum atomic E-state index is -2.94. The summed E-state index contributed by atoms with van der Waals surface area (Å²) < 4.78 is 41.3. The molecule has 0 N–H and O–H groups in total. The van der Waals surface area contributed by atoms with Crippen LogP contribution in [0.3, 0.4) is 0 Å². The monoisotopic (exact) mass is 212 g/mol. The summed E-state index contributed by atoms with van der Waals surface area (Å²) in [5.74, 6) is -0.732. The smallest absolute Gasteiger partial charge is 0.387 e. The average molecular weight is 212 g/mol. The molecule has 4 heteroatoms. The summed E-state index contributed by atoms with van der Waals surface area (Å²) in [6.45, 7) is -2.94. The number of alkyl halides is 2. The molecule has 0 aliphatic rings. The van der Waals surface area contributed by atoms with Crippen LogP contribution in [0.4, 0.5) is 13.2 Å². The molecule has 0 amide bonds. The van der Waals surface area contributed by atoms with Crippen LogP contribution in [0.25, 0.3) is 10.8 Å². The van der Waals surface area contributed by atoms with Gasteiger partial charge in [-0.1, -0.05) is 24.3 Å². The van der Waals surface area contributed by atoms with E-state index in [1.54, 1.807) is 24.3 Å². The fourth-order valence-corrected chi connectivity index (χ4v) is 1.41. The summed E-state index contributed by atoms with van der Waals surface area (Å²) in [7, 11) is 0. The zero-order valence-electron chi connectivity index (χ0n) is 7.58. The molecule has 0 radical (unpaired) electrons. The Morgan fingerprint density at radius 2 is 1.80 bits per heavy atom. The van der Waals surface area contributed by atoms with E-state index in [0.29, 0.717) is 10.8 Å². The molecule has 0 unspecified atom stereocenters. The third-order valence-corrected chi connectivity index (χ3v) is 2.01. The molecule has 0 heterocycles. The highest BCUT2D eigenvalue weighted by Crippen LogP contribution is 2.25. The number of fused-ring (bicyclic) bond motifs is 1.